The van der Waals surface area contributed by atoms with Gasteiger partial charge in [-0.05, 0) is 30.0 Å². The van der Waals surface area contributed by atoms with Crippen molar-refractivity contribution in [3.05, 3.63) is 21.3 Å². The molecule has 2 heterocycles. The smallest absolute Gasteiger partial charge is 0.0977 e. The molecule has 0 spiro atoms. The average molecular weight is 249 g/mol. The summed E-state index contributed by atoms with van der Waals surface area (Å²) in [7, 11) is 0. The summed E-state index contributed by atoms with van der Waals surface area (Å²) in [6, 6.07) is 2.28. The van der Waals surface area contributed by atoms with Crippen LogP contribution in [-0.2, 0) is 0 Å². The Hall–Kier alpha value is 0.260. The molecule has 1 aromatic rings. The highest BCUT2D eigenvalue weighted by Crippen LogP contribution is 2.39. The molecule has 1 aromatic heterocycles. The minimum atomic E-state index is 0.209. The summed E-state index contributed by atoms with van der Waals surface area (Å²) >= 11 is 9.66. The van der Waals surface area contributed by atoms with Crippen LogP contribution in [0.4, 0.5) is 0 Å². The second-order valence-corrected chi connectivity index (χ2v) is 6.21. The summed E-state index contributed by atoms with van der Waals surface area (Å²) < 4.78 is 0.862. The first kappa shape index (κ1) is 10.8. The van der Waals surface area contributed by atoms with Crippen LogP contribution in [0.2, 0.25) is 4.34 Å². The number of nitrogens with two attached hydrogens (primary N) is 1. The van der Waals surface area contributed by atoms with Crippen molar-refractivity contribution >= 4 is 34.7 Å². The maximum absolute atomic E-state index is 6.11. The average Bonchev–Trinajstić information content (AvgIpc) is 2.80. The number of thioether (sulfide) groups is 1. The molecule has 2 atom stereocenters. The number of hydrazine groups is 1. The molecule has 14 heavy (non-hydrogen) atoms. The van der Waals surface area contributed by atoms with Crippen LogP contribution in [0.1, 0.15) is 24.4 Å². The Bertz CT molecular complexity index is 297. The summed E-state index contributed by atoms with van der Waals surface area (Å²) in [6.45, 7) is 0. The van der Waals surface area contributed by atoms with Crippen molar-refractivity contribution < 1.29 is 0 Å². The van der Waals surface area contributed by atoms with E-state index in [1.807, 2.05) is 17.1 Å². The van der Waals surface area contributed by atoms with Gasteiger partial charge in [-0.3, -0.25) is 11.3 Å². The maximum Gasteiger partial charge on any atom is 0.0977 e. The third-order valence-corrected chi connectivity index (χ3v) is 5.16. The van der Waals surface area contributed by atoms with Crippen molar-refractivity contribution in [2.45, 2.75) is 24.1 Å². The molecular weight excluding hydrogens is 236 g/mol. The van der Waals surface area contributed by atoms with Gasteiger partial charge in [0.05, 0.1) is 10.4 Å². The monoisotopic (exact) mass is 248 g/mol. The van der Waals surface area contributed by atoms with Crippen molar-refractivity contribution in [2.75, 3.05) is 5.75 Å². The first-order chi connectivity index (χ1) is 6.83. The van der Waals surface area contributed by atoms with Gasteiger partial charge in [0.1, 0.15) is 0 Å². The van der Waals surface area contributed by atoms with Gasteiger partial charge in [0.15, 0.2) is 0 Å². The van der Waals surface area contributed by atoms with Gasteiger partial charge in [-0.1, -0.05) is 11.6 Å². The molecule has 2 unspecified atom stereocenters. The molecule has 0 bridgehead atoms. The van der Waals surface area contributed by atoms with Gasteiger partial charge < -0.3 is 0 Å². The molecule has 0 aromatic carbocycles. The minimum Gasteiger partial charge on any atom is -0.271 e. The summed E-state index contributed by atoms with van der Waals surface area (Å²) in [6.07, 6.45) is 2.51. The highest BCUT2D eigenvalue weighted by Gasteiger charge is 2.27. The minimum absolute atomic E-state index is 0.209. The van der Waals surface area contributed by atoms with E-state index in [2.05, 4.69) is 11.5 Å². The first-order valence-corrected chi connectivity index (χ1v) is 6.94. The molecule has 0 radical (unpaired) electrons. The van der Waals surface area contributed by atoms with Crippen LogP contribution in [0.3, 0.4) is 0 Å². The molecule has 1 aliphatic rings. The molecule has 78 valence electrons. The predicted molar refractivity (Wildman–Crippen MR) is 64.9 cm³/mol. The molecule has 3 N–H and O–H groups in total. The Labute approximate surface area is 97.2 Å². The van der Waals surface area contributed by atoms with E-state index in [0.29, 0.717) is 5.25 Å². The predicted octanol–water partition coefficient (Wildman–Crippen LogP) is 2.80. The third kappa shape index (κ3) is 2.09. The maximum atomic E-state index is 6.11. The lowest BCUT2D eigenvalue weighted by atomic mass is 10.0. The topological polar surface area (TPSA) is 38.0 Å². The number of hydrogen-bond donors (Lipinski definition) is 2. The van der Waals surface area contributed by atoms with Crippen molar-refractivity contribution in [1.82, 2.24) is 5.43 Å². The van der Waals surface area contributed by atoms with Crippen molar-refractivity contribution in [3.63, 3.8) is 0 Å². The molecule has 1 saturated heterocycles. The van der Waals surface area contributed by atoms with Crippen molar-refractivity contribution in [1.29, 1.82) is 0 Å². The Morgan fingerprint density at radius 1 is 1.64 bits per heavy atom. The molecule has 0 aliphatic carbocycles. The third-order valence-electron chi connectivity index (χ3n) is 2.50. The molecule has 1 aliphatic heterocycles. The highest BCUT2D eigenvalue weighted by atomic mass is 35.5. The zero-order valence-electron chi connectivity index (χ0n) is 7.70. The van der Waals surface area contributed by atoms with Crippen LogP contribution in [0.5, 0.6) is 0 Å². The molecular formula is C9H13ClN2S2. The molecule has 0 amide bonds. The van der Waals surface area contributed by atoms with Crippen LogP contribution in [0, 0.1) is 0 Å². The number of thiophene rings is 1. The zero-order valence-corrected chi connectivity index (χ0v) is 10.1. The first-order valence-electron chi connectivity index (χ1n) is 4.63. The van der Waals surface area contributed by atoms with E-state index >= 15 is 0 Å². The molecule has 2 nitrogen and oxygen atoms in total. The number of nitrogens with one attached hydrogen (secondary N) is 1. The van der Waals surface area contributed by atoms with E-state index in [1.54, 1.807) is 11.3 Å². The standard InChI is InChI=1S/C9H13ClN2S2/c10-9-6(3-5-14-9)8(12-11)7-2-1-4-13-7/h3,5,7-8,12H,1-2,4,11H2. The summed E-state index contributed by atoms with van der Waals surface area (Å²) in [5.74, 6) is 6.84. The fourth-order valence-electron chi connectivity index (χ4n) is 1.79. The lowest BCUT2D eigenvalue weighted by Crippen LogP contribution is -2.34. The van der Waals surface area contributed by atoms with E-state index in [0.717, 1.165) is 9.90 Å². The highest BCUT2D eigenvalue weighted by molar-refractivity contribution is 8.00. The SMILES string of the molecule is NNC(c1ccsc1Cl)C1CCCS1. The number of hydrogen-bond acceptors (Lipinski definition) is 4. The second kappa shape index (κ2) is 4.86. The summed E-state index contributed by atoms with van der Waals surface area (Å²) in [5.41, 5.74) is 4.04. The lowest BCUT2D eigenvalue weighted by molar-refractivity contribution is 0.522. The Balaban J connectivity index is 2.16. The van der Waals surface area contributed by atoms with Crippen LogP contribution < -0.4 is 11.3 Å². The van der Waals surface area contributed by atoms with Gasteiger partial charge >= 0.3 is 0 Å². The summed E-state index contributed by atoms with van der Waals surface area (Å²) in [5, 5.41) is 2.59. The quantitative estimate of drug-likeness (QED) is 0.638. The van der Waals surface area contributed by atoms with E-state index in [-0.39, 0.29) is 6.04 Å². The van der Waals surface area contributed by atoms with E-state index in [1.165, 1.54) is 18.6 Å². The molecule has 1 fully saturated rings. The van der Waals surface area contributed by atoms with Gasteiger partial charge in [-0.2, -0.15) is 11.8 Å². The fraction of sp³-hybridized carbons (Fsp3) is 0.556. The summed E-state index contributed by atoms with van der Waals surface area (Å²) in [4.78, 5) is 0. The Morgan fingerprint density at radius 2 is 2.50 bits per heavy atom. The van der Waals surface area contributed by atoms with Crippen LogP contribution in [0.25, 0.3) is 0 Å². The van der Waals surface area contributed by atoms with Crippen molar-refractivity contribution in [2.24, 2.45) is 5.84 Å². The second-order valence-electron chi connectivity index (χ2n) is 3.35. The molecule has 2 rings (SSSR count). The number of halogens is 1. The van der Waals surface area contributed by atoms with Crippen LogP contribution in [0.15, 0.2) is 11.4 Å². The van der Waals surface area contributed by atoms with E-state index < -0.39 is 0 Å². The van der Waals surface area contributed by atoms with Gasteiger partial charge in [0, 0.05) is 10.8 Å². The molecule has 5 heteroatoms. The van der Waals surface area contributed by atoms with Gasteiger partial charge in [0.2, 0.25) is 0 Å². The van der Waals surface area contributed by atoms with Gasteiger partial charge in [-0.15, -0.1) is 11.3 Å². The number of rotatable bonds is 3. The van der Waals surface area contributed by atoms with Gasteiger partial charge in [-0.25, -0.2) is 0 Å². The van der Waals surface area contributed by atoms with Crippen molar-refractivity contribution in [3.8, 4) is 0 Å². The fourth-order valence-corrected chi connectivity index (χ4v) is 4.18. The van der Waals surface area contributed by atoms with E-state index in [4.69, 9.17) is 17.4 Å². The van der Waals surface area contributed by atoms with Crippen LogP contribution in [-0.4, -0.2) is 11.0 Å². The lowest BCUT2D eigenvalue weighted by Gasteiger charge is -2.21. The molecule has 0 saturated carbocycles. The van der Waals surface area contributed by atoms with Gasteiger partial charge in [0.25, 0.3) is 0 Å². The Kier molecular flexibility index (Phi) is 3.73. The van der Waals surface area contributed by atoms with Crippen LogP contribution >= 0.6 is 34.7 Å². The Morgan fingerprint density at radius 3 is 3.00 bits per heavy atom. The largest absolute Gasteiger partial charge is 0.271 e. The van der Waals surface area contributed by atoms with E-state index in [9.17, 15) is 0 Å². The zero-order chi connectivity index (χ0) is 9.97. The normalized spacial score (nSPS) is 24.0.